The first kappa shape index (κ1) is 16.1. The number of benzene rings is 2. The molecule has 0 saturated carbocycles. The predicted molar refractivity (Wildman–Crippen MR) is 97.4 cm³/mol. The van der Waals surface area contributed by atoms with E-state index in [2.05, 4.69) is 23.3 Å². The lowest BCUT2D eigenvalue weighted by Gasteiger charge is -2.34. The number of aryl methyl sites for hydroxylation is 1. The molecule has 0 saturated heterocycles. The molecule has 1 aromatic heterocycles. The summed E-state index contributed by atoms with van der Waals surface area (Å²) in [5, 5.41) is 13.2. The van der Waals surface area contributed by atoms with Crippen LogP contribution in [-0.2, 0) is 13.6 Å². The second-order valence-corrected chi connectivity index (χ2v) is 6.57. The van der Waals surface area contributed by atoms with Gasteiger partial charge in [-0.2, -0.15) is 10.4 Å². The third kappa shape index (κ3) is 2.86. The molecule has 26 heavy (non-hydrogen) atoms. The molecule has 0 fully saturated rings. The summed E-state index contributed by atoms with van der Waals surface area (Å²) < 4.78 is 1.79. The van der Waals surface area contributed by atoms with E-state index in [4.69, 9.17) is 5.26 Å². The van der Waals surface area contributed by atoms with Crippen molar-refractivity contribution in [3.05, 3.63) is 88.7 Å². The highest BCUT2D eigenvalue weighted by molar-refractivity contribution is 5.94. The molecule has 4 rings (SSSR count). The van der Waals surface area contributed by atoms with Crippen molar-refractivity contribution in [3.8, 4) is 6.07 Å². The Morgan fingerprint density at radius 2 is 1.96 bits per heavy atom. The molecule has 1 amide bonds. The molecule has 0 spiro atoms. The van der Waals surface area contributed by atoms with E-state index in [0.29, 0.717) is 24.2 Å². The summed E-state index contributed by atoms with van der Waals surface area (Å²) in [4.78, 5) is 14.9. The molecule has 2 heterocycles. The number of hydrogen-bond acceptors (Lipinski definition) is 3. The smallest absolute Gasteiger partial charge is 0.254 e. The lowest BCUT2D eigenvalue weighted by Crippen LogP contribution is -2.38. The third-order valence-electron chi connectivity index (χ3n) is 4.87. The molecule has 0 radical (unpaired) electrons. The molecule has 5 heteroatoms. The number of hydrogen-bond donors (Lipinski definition) is 0. The second kappa shape index (κ2) is 6.49. The maximum atomic E-state index is 13.0. The number of rotatable bonds is 2. The molecule has 2 aromatic carbocycles. The Balaban J connectivity index is 1.68. The minimum absolute atomic E-state index is 0.0158. The van der Waals surface area contributed by atoms with Crippen LogP contribution >= 0.6 is 0 Å². The molecule has 1 aliphatic rings. The molecular weight excluding hydrogens is 324 g/mol. The quantitative estimate of drug-likeness (QED) is 0.719. The van der Waals surface area contributed by atoms with Gasteiger partial charge in [-0.05, 0) is 41.0 Å². The Hall–Kier alpha value is -3.39. The number of carbonyl (C=O) groups is 1. The van der Waals surface area contributed by atoms with Gasteiger partial charge in [-0.1, -0.05) is 24.3 Å². The van der Waals surface area contributed by atoms with Crippen LogP contribution in [-0.4, -0.2) is 27.1 Å². The number of nitrogens with zero attached hydrogens (tertiary/aromatic N) is 4. The molecule has 128 valence electrons. The predicted octanol–water partition coefficient (Wildman–Crippen LogP) is 3.08. The second-order valence-electron chi connectivity index (χ2n) is 6.57. The van der Waals surface area contributed by atoms with Crippen LogP contribution in [0.1, 0.15) is 38.5 Å². The largest absolute Gasteiger partial charge is 0.333 e. The molecule has 1 aliphatic heterocycles. The fourth-order valence-corrected chi connectivity index (χ4v) is 3.54. The topological polar surface area (TPSA) is 61.9 Å². The Labute approximate surface area is 152 Å². The standard InChI is InChI=1S/C21H18N4O/c1-24-12-18(11-23-24)20-14-25(13-17-4-2-3-5-19(17)20)21(26)16-8-6-15(10-22)7-9-16/h2-9,11-12,20H,13-14H2,1H3. The normalized spacial score (nSPS) is 16.0. The molecular formula is C21H18N4O. The molecule has 0 aliphatic carbocycles. The minimum Gasteiger partial charge on any atom is -0.333 e. The van der Waals surface area contributed by atoms with E-state index in [1.807, 2.05) is 36.5 Å². The van der Waals surface area contributed by atoms with Gasteiger partial charge in [0.2, 0.25) is 0 Å². The van der Waals surface area contributed by atoms with E-state index in [0.717, 1.165) is 11.1 Å². The zero-order valence-electron chi connectivity index (χ0n) is 14.5. The molecule has 5 nitrogen and oxygen atoms in total. The average Bonchev–Trinajstić information content (AvgIpc) is 3.12. The SMILES string of the molecule is Cn1cc(C2CN(C(=O)c3ccc(C#N)cc3)Cc3ccccc32)cn1. The first-order chi connectivity index (χ1) is 12.7. The molecule has 1 atom stereocenters. The Morgan fingerprint density at radius 3 is 2.65 bits per heavy atom. The Kier molecular flexibility index (Phi) is 4.02. The van der Waals surface area contributed by atoms with Crippen molar-refractivity contribution in [1.29, 1.82) is 5.26 Å². The highest BCUT2D eigenvalue weighted by atomic mass is 16.2. The van der Waals surface area contributed by atoms with E-state index in [9.17, 15) is 4.79 Å². The molecule has 0 N–H and O–H groups in total. The van der Waals surface area contributed by atoms with Gasteiger partial charge in [0.25, 0.3) is 5.91 Å². The third-order valence-corrected chi connectivity index (χ3v) is 4.87. The maximum absolute atomic E-state index is 13.0. The zero-order valence-corrected chi connectivity index (χ0v) is 14.5. The van der Waals surface area contributed by atoms with Crippen LogP contribution in [0.25, 0.3) is 0 Å². The molecule has 3 aromatic rings. The summed E-state index contributed by atoms with van der Waals surface area (Å²) in [5.41, 5.74) is 4.68. The number of aromatic nitrogens is 2. The first-order valence-corrected chi connectivity index (χ1v) is 8.51. The Bertz CT molecular complexity index is 997. The fraction of sp³-hybridized carbons (Fsp3) is 0.190. The van der Waals surface area contributed by atoms with E-state index in [1.54, 1.807) is 28.9 Å². The van der Waals surface area contributed by atoms with E-state index >= 15 is 0 Å². The van der Waals surface area contributed by atoms with E-state index in [1.165, 1.54) is 5.56 Å². The van der Waals surface area contributed by atoms with E-state index < -0.39 is 0 Å². The van der Waals surface area contributed by atoms with Crippen molar-refractivity contribution in [2.45, 2.75) is 12.5 Å². The summed E-state index contributed by atoms with van der Waals surface area (Å²) in [6, 6.07) is 17.2. The summed E-state index contributed by atoms with van der Waals surface area (Å²) in [5.74, 6) is 0.0915. The lowest BCUT2D eigenvalue weighted by atomic mass is 9.86. The van der Waals surface area contributed by atoms with Gasteiger partial charge < -0.3 is 4.90 Å². The van der Waals surface area contributed by atoms with Crippen LogP contribution in [0.4, 0.5) is 0 Å². The summed E-state index contributed by atoms with van der Waals surface area (Å²) in [7, 11) is 1.90. The maximum Gasteiger partial charge on any atom is 0.254 e. The van der Waals surface area contributed by atoms with Gasteiger partial charge in [-0.3, -0.25) is 9.48 Å². The average molecular weight is 342 g/mol. The number of carbonyl (C=O) groups excluding carboxylic acids is 1. The van der Waals surface area contributed by atoms with Gasteiger partial charge in [-0.15, -0.1) is 0 Å². The summed E-state index contributed by atoms with van der Waals surface area (Å²) in [6.07, 6.45) is 3.88. The first-order valence-electron chi connectivity index (χ1n) is 8.51. The number of nitriles is 1. The van der Waals surface area contributed by atoms with Crippen LogP contribution in [0, 0.1) is 11.3 Å². The van der Waals surface area contributed by atoms with Crippen LogP contribution in [0.15, 0.2) is 60.9 Å². The van der Waals surface area contributed by atoms with Crippen molar-refractivity contribution in [1.82, 2.24) is 14.7 Å². The van der Waals surface area contributed by atoms with Crippen molar-refractivity contribution in [2.24, 2.45) is 7.05 Å². The monoisotopic (exact) mass is 342 g/mol. The number of fused-ring (bicyclic) bond motifs is 1. The molecule has 0 bridgehead atoms. The lowest BCUT2D eigenvalue weighted by molar-refractivity contribution is 0.0725. The van der Waals surface area contributed by atoms with Crippen molar-refractivity contribution in [3.63, 3.8) is 0 Å². The van der Waals surface area contributed by atoms with Gasteiger partial charge >= 0.3 is 0 Å². The van der Waals surface area contributed by atoms with Gasteiger partial charge in [0.05, 0.1) is 17.8 Å². The van der Waals surface area contributed by atoms with Crippen LogP contribution in [0.3, 0.4) is 0 Å². The van der Waals surface area contributed by atoms with Crippen molar-refractivity contribution >= 4 is 5.91 Å². The van der Waals surface area contributed by atoms with Gasteiger partial charge in [0, 0.05) is 37.8 Å². The summed E-state index contributed by atoms with van der Waals surface area (Å²) in [6.45, 7) is 1.20. The van der Waals surface area contributed by atoms with Gasteiger partial charge in [0.15, 0.2) is 0 Å². The van der Waals surface area contributed by atoms with Gasteiger partial charge in [0.1, 0.15) is 0 Å². The zero-order chi connectivity index (χ0) is 18.1. The highest BCUT2D eigenvalue weighted by Gasteiger charge is 2.30. The van der Waals surface area contributed by atoms with Crippen molar-refractivity contribution < 1.29 is 4.79 Å². The highest BCUT2D eigenvalue weighted by Crippen LogP contribution is 2.33. The molecule has 1 unspecified atom stereocenters. The van der Waals surface area contributed by atoms with Crippen LogP contribution < -0.4 is 0 Å². The fourth-order valence-electron chi connectivity index (χ4n) is 3.54. The Morgan fingerprint density at radius 1 is 1.19 bits per heavy atom. The van der Waals surface area contributed by atoms with Crippen LogP contribution in [0.2, 0.25) is 0 Å². The van der Waals surface area contributed by atoms with Gasteiger partial charge in [-0.25, -0.2) is 0 Å². The van der Waals surface area contributed by atoms with Crippen molar-refractivity contribution in [2.75, 3.05) is 6.54 Å². The number of amides is 1. The van der Waals surface area contributed by atoms with E-state index in [-0.39, 0.29) is 11.8 Å². The van der Waals surface area contributed by atoms with Crippen LogP contribution in [0.5, 0.6) is 0 Å². The minimum atomic E-state index is -0.0158. The summed E-state index contributed by atoms with van der Waals surface area (Å²) >= 11 is 0.